The SMILES string of the molecule is CC1(C)C2CC[C@@]1(C)C(=O)C2C(=O)O. The summed E-state index contributed by atoms with van der Waals surface area (Å²) in [6, 6.07) is 0. The molecule has 1 N–H and O–H groups in total. The van der Waals surface area contributed by atoms with E-state index in [0.717, 1.165) is 12.8 Å². The average molecular weight is 196 g/mol. The number of carboxylic acid groups (broad SMARTS) is 1. The number of hydrogen-bond donors (Lipinski definition) is 1. The van der Waals surface area contributed by atoms with E-state index < -0.39 is 17.3 Å². The molecular formula is C11H16O3. The first-order valence-corrected chi connectivity index (χ1v) is 5.09. The standard InChI is InChI=1S/C11H16O3/c1-10(2)6-4-5-11(10,3)8(12)7(6)9(13)14/h6-7H,4-5H2,1-3H3,(H,13,14)/t6?,7?,11-/m0/s1. The summed E-state index contributed by atoms with van der Waals surface area (Å²) in [4.78, 5) is 23.0. The Balaban J connectivity index is 2.49. The highest BCUT2D eigenvalue weighted by Gasteiger charge is 2.68. The van der Waals surface area contributed by atoms with Gasteiger partial charge in [-0.25, -0.2) is 0 Å². The highest BCUT2D eigenvalue weighted by molar-refractivity contribution is 6.04. The number of hydrogen-bond acceptors (Lipinski definition) is 2. The molecule has 14 heavy (non-hydrogen) atoms. The predicted octanol–water partition coefficient (Wildman–Crippen LogP) is 1.71. The Morgan fingerprint density at radius 2 is 2.00 bits per heavy atom. The second-order valence-electron chi connectivity index (χ2n) is 5.38. The van der Waals surface area contributed by atoms with Gasteiger partial charge in [-0.2, -0.15) is 0 Å². The first kappa shape index (κ1) is 9.69. The maximum atomic E-state index is 12.0. The summed E-state index contributed by atoms with van der Waals surface area (Å²) in [5, 5.41) is 9.03. The van der Waals surface area contributed by atoms with Gasteiger partial charge in [0.25, 0.3) is 0 Å². The lowest BCUT2D eigenvalue weighted by Crippen LogP contribution is -2.35. The van der Waals surface area contributed by atoms with E-state index >= 15 is 0 Å². The van der Waals surface area contributed by atoms with Crippen LogP contribution in [0.15, 0.2) is 0 Å². The lowest BCUT2D eigenvalue weighted by Gasteiger charge is -2.32. The average Bonchev–Trinajstić information content (AvgIpc) is 2.35. The van der Waals surface area contributed by atoms with Crippen LogP contribution in [0.5, 0.6) is 0 Å². The largest absolute Gasteiger partial charge is 0.481 e. The van der Waals surface area contributed by atoms with Crippen LogP contribution in [-0.2, 0) is 9.59 Å². The van der Waals surface area contributed by atoms with Crippen molar-refractivity contribution in [3.05, 3.63) is 0 Å². The fourth-order valence-electron chi connectivity index (χ4n) is 3.37. The van der Waals surface area contributed by atoms with E-state index in [1.165, 1.54) is 0 Å². The predicted molar refractivity (Wildman–Crippen MR) is 50.7 cm³/mol. The highest BCUT2D eigenvalue weighted by atomic mass is 16.4. The molecule has 3 heteroatoms. The van der Waals surface area contributed by atoms with E-state index in [1.807, 2.05) is 20.8 Å². The van der Waals surface area contributed by atoms with Crippen LogP contribution >= 0.6 is 0 Å². The maximum absolute atomic E-state index is 12.0. The van der Waals surface area contributed by atoms with Crippen LogP contribution in [0.2, 0.25) is 0 Å². The van der Waals surface area contributed by atoms with Crippen molar-refractivity contribution in [2.45, 2.75) is 33.6 Å². The third-order valence-corrected chi connectivity index (χ3v) is 4.80. The molecular weight excluding hydrogens is 180 g/mol. The fraction of sp³-hybridized carbons (Fsp3) is 0.818. The lowest BCUT2D eigenvalue weighted by atomic mass is 9.70. The Bertz CT molecular complexity index is 318. The summed E-state index contributed by atoms with van der Waals surface area (Å²) in [5.41, 5.74) is -0.548. The second-order valence-corrected chi connectivity index (χ2v) is 5.38. The summed E-state index contributed by atoms with van der Waals surface area (Å²) < 4.78 is 0. The molecule has 0 aromatic heterocycles. The first-order chi connectivity index (χ1) is 6.32. The Morgan fingerprint density at radius 3 is 2.29 bits per heavy atom. The van der Waals surface area contributed by atoms with Gasteiger partial charge in [-0.3, -0.25) is 9.59 Å². The van der Waals surface area contributed by atoms with Crippen LogP contribution < -0.4 is 0 Å². The molecule has 2 unspecified atom stereocenters. The van der Waals surface area contributed by atoms with E-state index in [4.69, 9.17) is 5.11 Å². The molecule has 2 rings (SSSR count). The van der Waals surface area contributed by atoms with Crippen LogP contribution in [0.1, 0.15) is 33.6 Å². The van der Waals surface area contributed by atoms with E-state index in [2.05, 4.69) is 0 Å². The summed E-state index contributed by atoms with van der Waals surface area (Å²) in [6.45, 7) is 6.00. The van der Waals surface area contributed by atoms with Gasteiger partial charge in [-0.1, -0.05) is 20.8 Å². The van der Waals surface area contributed by atoms with Gasteiger partial charge in [-0.15, -0.1) is 0 Å². The molecule has 0 aliphatic heterocycles. The minimum Gasteiger partial charge on any atom is -0.481 e. The Morgan fingerprint density at radius 1 is 1.43 bits per heavy atom. The van der Waals surface area contributed by atoms with E-state index in [9.17, 15) is 9.59 Å². The fourth-order valence-corrected chi connectivity index (χ4v) is 3.37. The van der Waals surface area contributed by atoms with Crippen LogP contribution in [0, 0.1) is 22.7 Å². The van der Waals surface area contributed by atoms with Crippen LogP contribution in [0.25, 0.3) is 0 Å². The minimum absolute atomic E-state index is 0.0394. The molecule has 78 valence electrons. The molecule has 0 aromatic carbocycles. The van der Waals surface area contributed by atoms with Crippen molar-refractivity contribution in [1.29, 1.82) is 0 Å². The summed E-state index contributed by atoms with van der Waals surface area (Å²) in [6.07, 6.45) is 1.74. The van der Waals surface area contributed by atoms with Crippen molar-refractivity contribution in [3.63, 3.8) is 0 Å². The third kappa shape index (κ3) is 0.787. The molecule has 2 bridgehead atoms. The zero-order valence-electron chi connectivity index (χ0n) is 8.83. The summed E-state index contributed by atoms with van der Waals surface area (Å²) in [5.74, 6) is -1.69. The molecule has 2 aliphatic carbocycles. The van der Waals surface area contributed by atoms with Gasteiger partial charge < -0.3 is 5.11 Å². The van der Waals surface area contributed by atoms with Gasteiger partial charge in [0.05, 0.1) is 0 Å². The maximum Gasteiger partial charge on any atom is 0.314 e. The van der Waals surface area contributed by atoms with Crippen molar-refractivity contribution in [2.75, 3.05) is 0 Å². The number of rotatable bonds is 1. The molecule has 0 heterocycles. The van der Waals surface area contributed by atoms with Crippen molar-refractivity contribution in [3.8, 4) is 0 Å². The van der Waals surface area contributed by atoms with Crippen LogP contribution in [0.3, 0.4) is 0 Å². The number of Topliss-reactive ketones (excluding diaryl/α,β-unsaturated/α-hetero) is 1. The highest BCUT2D eigenvalue weighted by Crippen LogP contribution is 2.65. The number of ketones is 1. The molecule has 0 radical (unpaired) electrons. The van der Waals surface area contributed by atoms with Crippen molar-refractivity contribution in [1.82, 2.24) is 0 Å². The quantitative estimate of drug-likeness (QED) is 0.649. The van der Waals surface area contributed by atoms with Crippen molar-refractivity contribution >= 4 is 11.8 Å². The second kappa shape index (κ2) is 2.38. The van der Waals surface area contributed by atoms with Gasteiger partial charge in [0.2, 0.25) is 0 Å². The molecule has 2 aliphatic rings. The molecule has 2 saturated carbocycles. The molecule has 0 amide bonds. The van der Waals surface area contributed by atoms with Gasteiger partial charge in [0.15, 0.2) is 5.78 Å². The number of fused-ring (bicyclic) bond motifs is 2. The normalized spacial score (nSPS) is 44.4. The van der Waals surface area contributed by atoms with E-state index in [0.29, 0.717) is 0 Å². The monoisotopic (exact) mass is 196 g/mol. The molecule has 3 atom stereocenters. The number of carbonyl (C=O) groups is 2. The van der Waals surface area contributed by atoms with Crippen LogP contribution in [-0.4, -0.2) is 16.9 Å². The van der Waals surface area contributed by atoms with Gasteiger partial charge in [0.1, 0.15) is 5.92 Å². The lowest BCUT2D eigenvalue weighted by molar-refractivity contribution is -0.149. The summed E-state index contributed by atoms with van der Waals surface area (Å²) >= 11 is 0. The Kier molecular flexibility index (Phi) is 1.65. The molecule has 0 saturated heterocycles. The van der Waals surface area contributed by atoms with Crippen molar-refractivity contribution < 1.29 is 14.7 Å². The topological polar surface area (TPSA) is 54.4 Å². The first-order valence-electron chi connectivity index (χ1n) is 5.09. The van der Waals surface area contributed by atoms with Crippen LogP contribution in [0.4, 0.5) is 0 Å². The molecule has 3 nitrogen and oxygen atoms in total. The van der Waals surface area contributed by atoms with Gasteiger partial charge >= 0.3 is 5.97 Å². The van der Waals surface area contributed by atoms with Gasteiger partial charge in [0, 0.05) is 5.41 Å². The molecule has 2 fully saturated rings. The summed E-state index contributed by atoms with van der Waals surface area (Å²) in [7, 11) is 0. The Labute approximate surface area is 83.5 Å². The van der Waals surface area contributed by atoms with E-state index in [1.54, 1.807) is 0 Å². The zero-order chi connectivity index (χ0) is 10.7. The number of carbonyl (C=O) groups excluding carboxylic acids is 1. The third-order valence-electron chi connectivity index (χ3n) is 4.80. The zero-order valence-corrected chi connectivity index (χ0v) is 8.83. The van der Waals surface area contributed by atoms with Crippen molar-refractivity contribution in [2.24, 2.45) is 22.7 Å². The molecule has 0 spiro atoms. The van der Waals surface area contributed by atoms with E-state index in [-0.39, 0.29) is 17.1 Å². The number of aliphatic carboxylic acids is 1. The minimum atomic E-state index is -0.934. The van der Waals surface area contributed by atoms with Gasteiger partial charge in [-0.05, 0) is 24.2 Å². The number of carboxylic acids is 1. The molecule has 0 aromatic rings. The smallest absolute Gasteiger partial charge is 0.314 e. The Hall–Kier alpha value is -0.860.